The molecule has 136 valence electrons. The Balaban J connectivity index is 1.67. The van der Waals surface area contributed by atoms with Crippen molar-refractivity contribution in [3.8, 4) is 0 Å². The largest absolute Gasteiger partial charge is 0.348 e. The van der Waals surface area contributed by atoms with E-state index in [1.165, 1.54) is 0 Å². The van der Waals surface area contributed by atoms with Gasteiger partial charge in [0.05, 0.1) is 0 Å². The standard InChI is InChI=1S/C22H19ClN2O2/c1-15-10-11-19(13-20(15)23)25-22(27)18-9-5-8-17(12-18)21(26)24-14-16-6-3-2-4-7-16/h2-13H,14H2,1H3,(H,24,26)(H,25,27). The van der Waals surface area contributed by atoms with Gasteiger partial charge in [0, 0.05) is 28.4 Å². The van der Waals surface area contributed by atoms with Gasteiger partial charge in [0.2, 0.25) is 0 Å². The zero-order valence-corrected chi connectivity index (χ0v) is 15.6. The molecule has 0 fully saturated rings. The zero-order chi connectivity index (χ0) is 19.2. The van der Waals surface area contributed by atoms with E-state index >= 15 is 0 Å². The van der Waals surface area contributed by atoms with Crippen LogP contribution in [0.3, 0.4) is 0 Å². The number of carbonyl (C=O) groups is 2. The average molecular weight is 379 g/mol. The number of rotatable bonds is 5. The Morgan fingerprint density at radius 3 is 2.26 bits per heavy atom. The minimum atomic E-state index is -0.298. The maximum Gasteiger partial charge on any atom is 0.255 e. The molecule has 0 aromatic heterocycles. The van der Waals surface area contributed by atoms with Crippen molar-refractivity contribution in [3.63, 3.8) is 0 Å². The molecule has 0 radical (unpaired) electrons. The van der Waals surface area contributed by atoms with Gasteiger partial charge in [0.15, 0.2) is 0 Å². The molecule has 0 unspecified atom stereocenters. The second kappa shape index (κ2) is 8.52. The Hall–Kier alpha value is -3.11. The number of amides is 2. The van der Waals surface area contributed by atoms with E-state index in [0.29, 0.717) is 28.4 Å². The fourth-order valence-corrected chi connectivity index (χ4v) is 2.74. The Bertz CT molecular complexity index is 971. The second-order valence-corrected chi connectivity index (χ2v) is 6.57. The number of hydrogen-bond donors (Lipinski definition) is 2. The predicted octanol–water partition coefficient (Wildman–Crippen LogP) is 4.83. The van der Waals surface area contributed by atoms with Crippen LogP contribution >= 0.6 is 11.6 Å². The van der Waals surface area contributed by atoms with Crippen LogP contribution in [0.2, 0.25) is 5.02 Å². The normalized spacial score (nSPS) is 10.3. The summed E-state index contributed by atoms with van der Waals surface area (Å²) >= 11 is 6.09. The molecule has 3 rings (SSSR count). The van der Waals surface area contributed by atoms with Crippen LogP contribution in [0.15, 0.2) is 72.8 Å². The lowest BCUT2D eigenvalue weighted by Gasteiger charge is -2.09. The molecule has 4 nitrogen and oxygen atoms in total. The maximum atomic E-state index is 12.5. The first-order valence-electron chi connectivity index (χ1n) is 8.52. The molecule has 3 aromatic rings. The summed E-state index contributed by atoms with van der Waals surface area (Å²) < 4.78 is 0. The fraction of sp³-hybridized carbons (Fsp3) is 0.0909. The van der Waals surface area contributed by atoms with Crippen molar-refractivity contribution < 1.29 is 9.59 Å². The van der Waals surface area contributed by atoms with Crippen molar-refractivity contribution in [1.29, 1.82) is 0 Å². The second-order valence-electron chi connectivity index (χ2n) is 6.17. The lowest BCUT2D eigenvalue weighted by atomic mass is 10.1. The molecular weight excluding hydrogens is 360 g/mol. The van der Waals surface area contributed by atoms with Crippen LogP contribution in [-0.4, -0.2) is 11.8 Å². The van der Waals surface area contributed by atoms with Gasteiger partial charge < -0.3 is 10.6 Å². The third kappa shape index (κ3) is 4.96. The molecule has 0 aliphatic heterocycles. The summed E-state index contributed by atoms with van der Waals surface area (Å²) in [6.45, 7) is 2.32. The molecule has 0 aliphatic carbocycles. The SMILES string of the molecule is Cc1ccc(NC(=O)c2cccc(C(=O)NCc3ccccc3)c2)cc1Cl. The maximum absolute atomic E-state index is 12.5. The van der Waals surface area contributed by atoms with Crippen LogP contribution in [0.5, 0.6) is 0 Å². The molecule has 0 saturated carbocycles. The van der Waals surface area contributed by atoms with Gasteiger partial charge in [-0.05, 0) is 48.4 Å². The molecule has 3 aromatic carbocycles. The van der Waals surface area contributed by atoms with Gasteiger partial charge in [0.25, 0.3) is 11.8 Å². The highest BCUT2D eigenvalue weighted by molar-refractivity contribution is 6.31. The van der Waals surface area contributed by atoms with Gasteiger partial charge >= 0.3 is 0 Å². The summed E-state index contributed by atoms with van der Waals surface area (Å²) in [6.07, 6.45) is 0. The highest BCUT2D eigenvalue weighted by atomic mass is 35.5. The molecule has 2 amide bonds. The molecule has 5 heteroatoms. The molecule has 27 heavy (non-hydrogen) atoms. The van der Waals surface area contributed by atoms with Gasteiger partial charge in [-0.25, -0.2) is 0 Å². The molecule has 0 heterocycles. The molecular formula is C22H19ClN2O2. The summed E-state index contributed by atoms with van der Waals surface area (Å²) in [4.78, 5) is 24.9. The number of hydrogen-bond acceptors (Lipinski definition) is 2. The van der Waals surface area contributed by atoms with E-state index in [0.717, 1.165) is 11.1 Å². The van der Waals surface area contributed by atoms with Gasteiger partial charge in [-0.1, -0.05) is 54.1 Å². The van der Waals surface area contributed by atoms with Gasteiger partial charge in [-0.3, -0.25) is 9.59 Å². The van der Waals surface area contributed by atoms with E-state index in [2.05, 4.69) is 10.6 Å². The molecule has 0 bridgehead atoms. The summed E-state index contributed by atoms with van der Waals surface area (Å²) in [6, 6.07) is 21.6. The average Bonchev–Trinajstić information content (AvgIpc) is 2.70. The van der Waals surface area contributed by atoms with Gasteiger partial charge in [-0.15, -0.1) is 0 Å². The number of carbonyl (C=O) groups excluding carboxylic acids is 2. The number of aryl methyl sites for hydroxylation is 1. The van der Waals surface area contributed by atoms with E-state index in [4.69, 9.17) is 11.6 Å². The van der Waals surface area contributed by atoms with Crippen molar-refractivity contribution in [3.05, 3.63) is 100 Å². The molecule has 2 N–H and O–H groups in total. The third-order valence-corrected chi connectivity index (χ3v) is 4.52. The Kier molecular flexibility index (Phi) is 5.89. The van der Waals surface area contributed by atoms with Crippen LogP contribution in [-0.2, 0) is 6.54 Å². The van der Waals surface area contributed by atoms with E-state index < -0.39 is 0 Å². The van der Waals surface area contributed by atoms with Crippen molar-refractivity contribution >= 4 is 29.1 Å². The van der Waals surface area contributed by atoms with Crippen molar-refractivity contribution in [2.45, 2.75) is 13.5 Å². The first-order valence-corrected chi connectivity index (χ1v) is 8.90. The lowest BCUT2D eigenvalue weighted by molar-refractivity contribution is 0.0951. The van der Waals surface area contributed by atoms with Crippen LogP contribution in [0, 0.1) is 6.92 Å². The minimum Gasteiger partial charge on any atom is -0.348 e. The summed E-state index contributed by atoms with van der Waals surface area (Å²) in [7, 11) is 0. The van der Waals surface area contributed by atoms with Crippen LogP contribution in [0.1, 0.15) is 31.8 Å². The highest BCUT2D eigenvalue weighted by Crippen LogP contribution is 2.20. The Labute approximate surface area is 163 Å². The summed E-state index contributed by atoms with van der Waals surface area (Å²) in [5.74, 6) is -0.528. The predicted molar refractivity (Wildman–Crippen MR) is 108 cm³/mol. The number of halogens is 1. The molecule has 0 aliphatic rings. The molecule has 0 saturated heterocycles. The third-order valence-electron chi connectivity index (χ3n) is 4.11. The van der Waals surface area contributed by atoms with E-state index in [1.54, 1.807) is 36.4 Å². The number of nitrogens with one attached hydrogen (secondary N) is 2. The van der Waals surface area contributed by atoms with Gasteiger partial charge in [0.1, 0.15) is 0 Å². The van der Waals surface area contributed by atoms with Crippen molar-refractivity contribution in [2.75, 3.05) is 5.32 Å². The molecule has 0 atom stereocenters. The van der Waals surface area contributed by atoms with Crippen LogP contribution < -0.4 is 10.6 Å². The van der Waals surface area contributed by atoms with Gasteiger partial charge in [-0.2, -0.15) is 0 Å². The quantitative estimate of drug-likeness (QED) is 0.668. The lowest BCUT2D eigenvalue weighted by Crippen LogP contribution is -2.23. The van der Waals surface area contributed by atoms with E-state index in [1.807, 2.05) is 43.3 Å². The summed E-state index contributed by atoms with van der Waals surface area (Å²) in [5.41, 5.74) is 3.39. The smallest absolute Gasteiger partial charge is 0.255 e. The van der Waals surface area contributed by atoms with E-state index in [-0.39, 0.29) is 11.8 Å². The van der Waals surface area contributed by atoms with Crippen LogP contribution in [0.25, 0.3) is 0 Å². The highest BCUT2D eigenvalue weighted by Gasteiger charge is 2.11. The molecule has 0 spiro atoms. The first-order chi connectivity index (χ1) is 13.0. The van der Waals surface area contributed by atoms with E-state index in [9.17, 15) is 9.59 Å². The zero-order valence-electron chi connectivity index (χ0n) is 14.8. The monoisotopic (exact) mass is 378 g/mol. The Morgan fingerprint density at radius 1 is 0.852 bits per heavy atom. The fourth-order valence-electron chi connectivity index (χ4n) is 2.56. The summed E-state index contributed by atoms with van der Waals surface area (Å²) in [5, 5.41) is 6.24. The Morgan fingerprint density at radius 2 is 1.56 bits per heavy atom. The number of anilines is 1. The van der Waals surface area contributed by atoms with Crippen molar-refractivity contribution in [2.24, 2.45) is 0 Å². The minimum absolute atomic E-state index is 0.230. The first kappa shape index (κ1) is 18.7. The van der Waals surface area contributed by atoms with Crippen molar-refractivity contribution in [1.82, 2.24) is 5.32 Å². The number of benzene rings is 3. The van der Waals surface area contributed by atoms with Crippen LogP contribution in [0.4, 0.5) is 5.69 Å². The topological polar surface area (TPSA) is 58.2 Å².